The number of H-pyrrole nitrogens is 2. The lowest BCUT2D eigenvalue weighted by molar-refractivity contribution is 0.496. The van der Waals surface area contributed by atoms with Crippen LogP contribution in [0.25, 0.3) is 11.4 Å². The van der Waals surface area contributed by atoms with Crippen molar-refractivity contribution in [2.24, 2.45) is 5.73 Å². The Morgan fingerprint density at radius 3 is 2.89 bits per heavy atom. The number of nitrogens with two attached hydrogens (primary N) is 1. The number of hydrogen-bond acceptors (Lipinski definition) is 5. The van der Waals surface area contributed by atoms with Crippen LogP contribution in [-0.4, -0.2) is 39.3 Å². The minimum atomic E-state index is -0.153. The van der Waals surface area contributed by atoms with Gasteiger partial charge in [0.15, 0.2) is 5.82 Å². The number of pyridine rings is 1. The minimum Gasteiger partial charge on any atom is -0.339 e. The summed E-state index contributed by atoms with van der Waals surface area (Å²) in [5, 5.41) is 7.08. The average Bonchev–Trinajstić information content (AvgIpc) is 2.89. The molecule has 0 spiro atoms. The fourth-order valence-corrected chi connectivity index (χ4v) is 2.21. The van der Waals surface area contributed by atoms with Gasteiger partial charge in [-0.2, -0.15) is 4.98 Å². The van der Waals surface area contributed by atoms with Gasteiger partial charge in [0.2, 0.25) is 11.5 Å². The molecule has 2 aromatic heterocycles. The second kappa shape index (κ2) is 4.85. The highest BCUT2D eigenvalue weighted by molar-refractivity contribution is 5.55. The topological polar surface area (TPSA) is 104 Å². The highest BCUT2D eigenvalue weighted by Crippen LogP contribution is 2.18. The molecule has 0 aliphatic carbocycles. The predicted octanol–water partition coefficient (Wildman–Crippen LogP) is 0.0875. The molecule has 4 N–H and O–H groups in total. The Morgan fingerprint density at radius 2 is 2.16 bits per heavy atom. The molecule has 2 aromatic rings. The number of piperidine rings is 1. The zero-order valence-electron chi connectivity index (χ0n) is 10.5. The van der Waals surface area contributed by atoms with E-state index in [0.29, 0.717) is 11.8 Å². The third-order valence-corrected chi connectivity index (χ3v) is 3.34. The second-order valence-corrected chi connectivity index (χ2v) is 4.75. The van der Waals surface area contributed by atoms with Crippen LogP contribution in [0.2, 0.25) is 0 Å². The van der Waals surface area contributed by atoms with E-state index in [9.17, 15) is 4.79 Å². The number of nitrogens with zero attached hydrogens (tertiary/aromatic N) is 3. The lowest BCUT2D eigenvalue weighted by Crippen LogP contribution is -2.40. The lowest BCUT2D eigenvalue weighted by atomic mass is 10.1. The number of aromatic amines is 2. The van der Waals surface area contributed by atoms with Crippen molar-refractivity contribution in [3.63, 3.8) is 0 Å². The zero-order chi connectivity index (χ0) is 13.2. The maximum absolute atomic E-state index is 11.3. The Kier molecular flexibility index (Phi) is 3.04. The van der Waals surface area contributed by atoms with E-state index in [1.54, 1.807) is 12.3 Å². The summed E-state index contributed by atoms with van der Waals surface area (Å²) in [5.74, 6) is 1.28. The molecule has 0 bridgehead atoms. The van der Waals surface area contributed by atoms with Crippen LogP contribution in [-0.2, 0) is 0 Å². The minimum absolute atomic E-state index is 0.153. The van der Waals surface area contributed by atoms with Crippen molar-refractivity contribution in [3.05, 3.63) is 28.7 Å². The van der Waals surface area contributed by atoms with Gasteiger partial charge in [-0.3, -0.25) is 9.89 Å². The number of hydrogen-bond donors (Lipinski definition) is 3. The molecule has 1 aliphatic heterocycles. The highest BCUT2D eigenvalue weighted by Gasteiger charge is 2.19. The SMILES string of the molecule is NC1CCN(c2n[nH]c(-c3cc[nH]c(=O)c3)n2)CC1. The van der Waals surface area contributed by atoms with Crippen molar-refractivity contribution in [1.29, 1.82) is 0 Å². The van der Waals surface area contributed by atoms with Crippen molar-refractivity contribution >= 4 is 5.95 Å². The van der Waals surface area contributed by atoms with Gasteiger partial charge >= 0.3 is 0 Å². The third kappa shape index (κ3) is 2.50. The second-order valence-electron chi connectivity index (χ2n) is 4.75. The number of nitrogens with one attached hydrogen (secondary N) is 2. The number of anilines is 1. The fraction of sp³-hybridized carbons (Fsp3) is 0.417. The van der Waals surface area contributed by atoms with E-state index in [4.69, 9.17) is 5.73 Å². The molecule has 100 valence electrons. The molecule has 3 rings (SSSR count). The van der Waals surface area contributed by atoms with Crippen LogP contribution < -0.4 is 16.2 Å². The summed E-state index contributed by atoms with van der Waals surface area (Å²) in [4.78, 5) is 20.4. The van der Waals surface area contributed by atoms with E-state index in [2.05, 4.69) is 25.1 Å². The van der Waals surface area contributed by atoms with Gasteiger partial charge in [0.25, 0.3) is 0 Å². The molecule has 0 saturated carbocycles. The standard InChI is InChI=1S/C12H16N6O/c13-9-2-5-18(6-3-9)12-15-11(16-17-12)8-1-4-14-10(19)7-8/h1,4,7,9H,2-3,5-6,13H2,(H,14,19)(H,15,16,17). The van der Waals surface area contributed by atoms with Gasteiger partial charge in [-0.05, 0) is 18.9 Å². The number of aromatic nitrogens is 4. The van der Waals surface area contributed by atoms with E-state index in [-0.39, 0.29) is 11.6 Å². The summed E-state index contributed by atoms with van der Waals surface area (Å²) < 4.78 is 0. The largest absolute Gasteiger partial charge is 0.339 e. The smallest absolute Gasteiger partial charge is 0.248 e. The molecular weight excluding hydrogens is 244 g/mol. The highest BCUT2D eigenvalue weighted by atomic mass is 16.1. The van der Waals surface area contributed by atoms with Crippen molar-refractivity contribution in [2.45, 2.75) is 18.9 Å². The Bertz CT molecular complexity index is 610. The fourth-order valence-electron chi connectivity index (χ4n) is 2.21. The maximum atomic E-state index is 11.3. The van der Waals surface area contributed by atoms with Crippen LogP contribution >= 0.6 is 0 Å². The molecule has 7 nitrogen and oxygen atoms in total. The lowest BCUT2D eigenvalue weighted by Gasteiger charge is -2.28. The maximum Gasteiger partial charge on any atom is 0.248 e. The van der Waals surface area contributed by atoms with Crippen LogP contribution in [0.4, 0.5) is 5.95 Å². The molecule has 1 fully saturated rings. The molecule has 0 aromatic carbocycles. The first-order valence-corrected chi connectivity index (χ1v) is 6.34. The normalized spacial score (nSPS) is 16.8. The quantitative estimate of drug-likeness (QED) is 0.710. The molecule has 0 amide bonds. The monoisotopic (exact) mass is 260 g/mol. The first-order chi connectivity index (χ1) is 9.22. The van der Waals surface area contributed by atoms with E-state index < -0.39 is 0 Å². The molecule has 3 heterocycles. The molecule has 0 radical (unpaired) electrons. The Morgan fingerprint density at radius 1 is 1.37 bits per heavy atom. The predicted molar refractivity (Wildman–Crippen MR) is 71.9 cm³/mol. The van der Waals surface area contributed by atoms with Crippen molar-refractivity contribution in [3.8, 4) is 11.4 Å². The van der Waals surface area contributed by atoms with E-state index in [0.717, 1.165) is 31.5 Å². The van der Waals surface area contributed by atoms with Crippen LogP contribution in [0, 0.1) is 0 Å². The summed E-state index contributed by atoms with van der Waals surface area (Å²) in [7, 11) is 0. The van der Waals surface area contributed by atoms with Crippen LogP contribution in [0.1, 0.15) is 12.8 Å². The van der Waals surface area contributed by atoms with Gasteiger partial charge in [0.1, 0.15) is 0 Å². The third-order valence-electron chi connectivity index (χ3n) is 3.34. The molecule has 1 aliphatic rings. The van der Waals surface area contributed by atoms with Gasteiger partial charge in [-0.1, -0.05) is 0 Å². The van der Waals surface area contributed by atoms with Crippen LogP contribution in [0.15, 0.2) is 23.1 Å². The first kappa shape index (κ1) is 11.9. The Balaban J connectivity index is 1.81. The summed E-state index contributed by atoms with van der Waals surface area (Å²) >= 11 is 0. The van der Waals surface area contributed by atoms with E-state index >= 15 is 0 Å². The van der Waals surface area contributed by atoms with Gasteiger partial charge in [-0.25, -0.2) is 0 Å². The van der Waals surface area contributed by atoms with E-state index in [1.165, 1.54) is 6.07 Å². The summed E-state index contributed by atoms with van der Waals surface area (Å²) in [5.41, 5.74) is 6.45. The molecule has 7 heteroatoms. The number of rotatable bonds is 2. The Labute approximate surface area is 109 Å². The molecule has 0 atom stereocenters. The van der Waals surface area contributed by atoms with Crippen molar-refractivity contribution in [1.82, 2.24) is 20.2 Å². The average molecular weight is 260 g/mol. The van der Waals surface area contributed by atoms with Crippen LogP contribution in [0.5, 0.6) is 0 Å². The Hall–Kier alpha value is -2.15. The van der Waals surface area contributed by atoms with Crippen LogP contribution in [0.3, 0.4) is 0 Å². The summed E-state index contributed by atoms with van der Waals surface area (Å²) in [6.45, 7) is 1.74. The van der Waals surface area contributed by atoms with Gasteiger partial charge in [0, 0.05) is 37.0 Å². The van der Waals surface area contributed by atoms with Gasteiger partial charge in [0.05, 0.1) is 0 Å². The first-order valence-electron chi connectivity index (χ1n) is 6.34. The summed E-state index contributed by atoms with van der Waals surface area (Å²) in [6, 6.07) is 3.57. The zero-order valence-corrected chi connectivity index (χ0v) is 10.5. The molecule has 0 unspecified atom stereocenters. The summed E-state index contributed by atoms with van der Waals surface area (Å²) in [6.07, 6.45) is 3.50. The molecule has 1 saturated heterocycles. The van der Waals surface area contributed by atoms with Gasteiger partial charge in [-0.15, -0.1) is 5.10 Å². The van der Waals surface area contributed by atoms with E-state index in [1.807, 2.05) is 0 Å². The van der Waals surface area contributed by atoms with Crippen molar-refractivity contribution in [2.75, 3.05) is 18.0 Å². The molecular formula is C12H16N6O. The van der Waals surface area contributed by atoms with Crippen molar-refractivity contribution < 1.29 is 0 Å². The molecule has 19 heavy (non-hydrogen) atoms. The van der Waals surface area contributed by atoms with Gasteiger partial charge < -0.3 is 15.6 Å².